The average molecular weight is 566 g/mol. The Balaban J connectivity index is 1.30. The predicted molar refractivity (Wildman–Crippen MR) is 148 cm³/mol. The molecule has 2 amide bonds. The van der Waals surface area contributed by atoms with Crippen LogP contribution in [0.15, 0.2) is 65.6 Å². The zero-order valence-electron chi connectivity index (χ0n) is 22.7. The molecule has 214 valence electrons. The van der Waals surface area contributed by atoms with E-state index in [4.69, 9.17) is 0 Å². The Labute approximate surface area is 234 Å². The number of alkyl halides is 3. The van der Waals surface area contributed by atoms with Gasteiger partial charge < -0.3 is 10.6 Å². The number of benzene rings is 2. The van der Waals surface area contributed by atoms with Crippen LogP contribution in [-0.4, -0.2) is 39.0 Å². The van der Waals surface area contributed by atoms with Gasteiger partial charge in [-0.25, -0.2) is 9.78 Å². The Kier molecular flexibility index (Phi) is 7.70. The van der Waals surface area contributed by atoms with Crippen LogP contribution in [0, 0.1) is 12.8 Å². The lowest BCUT2D eigenvalue weighted by Crippen LogP contribution is -2.39. The van der Waals surface area contributed by atoms with E-state index in [-0.39, 0.29) is 34.8 Å². The van der Waals surface area contributed by atoms with Crippen LogP contribution < -0.4 is 16.3 Å². The third kappa shape index (κ3) is 5.75. The minimum absolute atomic E-state index is 0.151. The van der Waals surface area contributed by atoms with E-state index < -0.39 is 17.6 Å². The number of aryl methyl sites for hydroxylation is 1. The molecule has 2 aromatic heterocycles. The Morgan fingerprint density at radius 3 is 2.32 bits per heavy atom. The predicted octanol–water partition coefficient (Wildman–Crippen LogP) is 4.86. The number of carbonyl (C=O) groups is 2. The van der Waals surface area contributed by atoms with Gasteiger partial charge in [0.25, 0.3) is 11.8 Å². The summed E-state index contributed by atoms with van der Waals surface area (Å²) in [5.74, 6) is -0.892. The lowest BCUT2D eigenvalue weighted by atomic mass is 9.85. The first-order valence-corrected chi connectivity index (χ1v) is 13.4. The molecule has 2 N–H and O–H groups in total. The van der Waals surface area contributed by atoms with Crippen LogP contribution >= 0.6 is 0 Å². The quantitative estimate of drug-likeness (QED) is 0.349. The van der Waals surface area contributed by atoms with Crippen molar-refractivity contribution in [1.29, 1.82) is 0 Å². The summed E-state index contributed by atoms with van der Waals surface area (Å²) in [6.45, 7) is 2.12. The maximum atomic E-state index is 13.6. The molecule has 0 atom stereocenters. The minimum atomic E-state index is -4.62. The maximum absolute atomic E-state index is 13.6. The van der Waals surface area contributed by atoms with Crippen LogP contribution in [0.1, 0.15) is 57.7 Å². The van der Waals surface area contributed by atoms with E-state index in [0.29, 0.717) is 49.0 Å². The van der Waals surface area contributed by atoms with Gasteiger partial charge in [-0.1, -0.05) is 23.8 Å². The molecular weight excluding hydrogens is 535 g/mol. The molecule has 0 unspecified atom stereocenters. The lowest BCUT2D eigenvalue weighted by Gasteiger charge is -2.29. The number of nitrogens with zero attached hydrogens (tertiary/aromatic N) is 3. The highest BCUT2D eigenvalue weighted by atomic mass is 19.4. The fourth-order valence-corrected chi connectivity index (χ4v) is 5.52. The summed E-state index contributed by atoms with van der Waals surface area (Å²) in [4.78, 5) is 42.5. The van der Waals surface area contributed by atoms with Crippen molar-refractivity contribution in [2.45, 2.75) is 51.4 Å². The average Bonchev–Trinajstić information content (AvgIpc) is 3.23. The number of rotatable bonds is 6. The number of fused-ring (bicyclic) bond motifs is 1. The number of imidazole rings is 1. The second-order valence-corrected chi connectivity index (χ2v) is 10.4. The van der Waals surface area contributed by atoms with Gasteiger partial charge in [0.2, 0.25) is 0 Å². The Morgan fingerprint density at radius 2 is 1.68 bits per heavy atom. The van der Waals surface area contributed by atoms with Gasteiger partial charge in [0.1, 0.15) is 5.69 Å². The molecule has 1 fully saturated rings. The first kappa shape index (κ1) is 28.1. The van der Waals surface area contributed by atoms with Crippen LogP contribution in [-0.2, 0) is 12.7 Å². The summed E-state index contributed by atoms with van der Waals surface area (Å²) in [5, 5.41) is 5.32. The Hall–Kier alpha value is -4.41. The van der Waals surface area contributed by atoms with E-state index >= 15 is 0 Å². The molecular formula is C30H30F3N5O3. The third-order valence-corrected chi connectivity index (χ3v) is 7.65. The molecule has 0 bridgehead atoms. The summed E-state index contributed by atoms with van der Waals surface area (Å²) in [5.41, 5.74) is 1.31. The molecule has 2 aromatic carbocycles. The Bertz CT molecular complexity index is 1650. The van der Waals surface area contributed by atoms with E-state index in [2.05, 4.69) is 15.6 Å². The molecule has 1 aliphatic carbocycles. The van der Waals surface area contributed by atoms with Crippen molar-refractivity contribution >= 4 is 22.8 Å². The lowest BCUT2D eigenvalue weighted by molar-refractivity contribution is -0.137. The summed E-state index contributed by atoms with van der Waals surface area (Å²) in [7, 11) is 1.52. The number of hydrogen-bond acceptors (Lipinski definition) is 4. The first-order valence-electron chi connectivity index (χ1n) is 13.4. The van der Waals surface area contributed by atoms with Gasteiger partial charge in [-0.05, 0) is 74.9 Å². The van der Waals surface area contributed by atoms with Crippen molar-refractivity contribution in [2.75, 3.05) is 7.05 Å². The number of pyridine rings is 1. The van der Waals surface area contributed by atoms with Crippen LogP contribution in [0.3, 0.4) is 0 Å². The van der Waals surface area contributed by atoms with Gasteiger partial charge in [-0.15, -0.1) is 0 Å². The molecule has 41 heavy (non-hydrogen) atoms. The third-order valence-electron chi connectivity index (χ3n) is 7.65. The SMILES string of the molecule is CNC(=O)c1ccc(-n2c(=O)n(CC3CCC(NC(=O)c4cc(C)ccc4C(F)(F)F)CC3)c3ccccc32)cn1. The highest BCUT2D eigenvalue weighted by Gasteiger charge is 2.36. The maximum Gasteiger partial charge on any atom is 0.417 e. The fourth-order valence-electron chi connectivity index (χ4n) is 5.52. The molecule has 1 saturated carbocycles. The molecule has 8 nitrogen and oxygen atoms in total. The molecule has 1 aliphatic rings. The van der Waals surface area contributed by atoms with Gasteiger partial charge in [-0.3, -0.25) is 18.7 Å². The van der Waals surface area contributed by atoms with Crippen molar-refractivity contribution in [1.82, 2.24) is 24.8 Å². The molecule has 4 aromatic rings. The van der Waals surface area contributed by atoms with Crippen molar-refractivity contribution in [2.24, 2.45) is 5.92 Å². The van der Waals surface area contributed by atoms with Crippen LogP contribution in [0.25, 0.3) is 16.7 Å². The highest BCUT2D eigenvalue weighted by Crippen LogP contribution is 2.33. The van der Waals surface area contributed by atoms with E-state index in [1.165, 1.54) is 25.4 Å². The zero-order chi connectivity index (χ0) is 29.3. The van der Waals surface area contributed by atoms with Crippen LogP contribution in [0.2, 0.25) is 0 Å². The first-order chi connectivity index (χ1) is 19.6. The number of carbonyl (C=O) groups excluding carboxylic acids is 2. The van der Waals surface area contributed by atoms with Crippen molar-refractivity contribution in [3.63, 3.8) is 0 Å². The number of halogens is 3. The van der Waals surface area contributed by atoms with E-state index in [1.54, 1.807) is 28.2 Å². The van der Waals surface area contributed by atoms with Gasteiger partial charge in [0.15, 0.2) is 0 Å². The molecule has 5 rings (SSSR count). The molecule has 2 heterocycles. The monoisotopic (exact) mass is 565 g/mol. The van der Waals surface area contributed by atoms with E-state index in [0.717, 1.165) is 11.6 Å². The minimum Gasteiger partial charge on any atom is -0.354 e. The normalized spacial score (nSPS) is 17.4. The number of amides is 2. The topological polar surface area (TPSA) is 98.0 Å². The van der Waals surface area contributed by atoms with Crippen LogP contribution in [0.4, 0.5) is 13.2 Å². The number of hydrogen-bond donors (Lipinski definition) is 2. The fraction of sp³-hybridized carbons (Fsp3) is 0.333. The highest BCUT2D eigenvalue weighted by molar-refractivity contribution is 5.96. The smallest absolute Gasteiger partial charge is 0.354 e. The molecule has 0 radical (unpaired) electrons. The summed E-state index contributed by atoms with van der Waals surface area (Å²) < 4.78 is 43.7. The largest absolute Gasteiger partial charge is 0.417 e. The molecule has 0 saturated heterocycles. The molecule has 0 aliphatic heterocycles. The van der Waals surface area contributed by atoms with Crippen molar-refractivity contribution in [3.05, 3.63) is 93.7 Å². The number of nitrogens with one attached hydrogen (secondary N) is 2. The second kappa shape index (κ2) is 11.2. The van der Waals surface area contributed by atoms with Crippen molar-refractivity contribution in [3.8, 4) is 5.69 Å². The summed E-state index contributed by atoms with van der Waals surface area (Å²) in [6.07, 6.45) is -0.510. The number of para-hydroxylation sites is 2. The molecule has 0 spiro atoms. The summed E-state index contributed by atoms with van der Waals surface area (Å²) in [6, 6.07) is 14.0. The number of aromatic nitrogens is 3. The Morgan fingerprint density at radius 1 is 0.976 bits per heavy atom. The van der Waals surface area contributed by atoms with Gasteiger partial charge in [0.05, 0.1) is 34.0 Å². The van der Waals surface area contributed by atoms with Gasteiger partial charge >= 0.3 is 11.9 Å². The van der Waals surface area contributed by atoms with Gasteiger partial charge in [0, 0.05) is 19.6 Å². The van der Waals surface area contributed by atoms with E-state index in [1.807, 2.05) is 24.3 Å². The van der Waals surface area contributed by atoms with E-state index in [9.17, 15) is 27.6 Å². The zero-order valence-corrected chi connectivity index (χ0v) is 22.7. The van der Waals surface area contributed by atoms with Gasteiger partial charge in [-0.2, -0.15) is 13.2 Å². The van der Waals surface area contributed by atoms with Crippen LogP contribution in [0.5, 0.6) is 0 Å². The second-order valence-electron chi connectivity index (χ2n) is 10.4. The van der Waals surface area contributed by atoms with Crippen molar-refractivity contribution < 1.29 is 22.8 Å². The standard InChI is InChI=1S/C30H30F3N5O3/c1-18-7-13-23(30(31,32)33)22(15-18)27(39)36-20-10-8-19(9-11-20)17-37-25-5-3-4-6-26(25)38(29(37)41)21-12-14-24(35-16-21)28(40)34-2/h3-7,12-16,19-20H,8-11,17H2,1-2H3,(H,34,40)(H,36,39). The summed E-state index contributed by atoms with van der Waals surface area (Å²) >= 11 is 0. The molecule has 11 heteroatoms.